The summed E-state index contributed by atoms with van der Waals surface area (Å²) in [5.41, 5.74) is 2.50. The van der Waals surface area contributed by atoms with Crippen LogP contribution in [0, 0.1) is 13.8 Å². The van der Waals surface area contributed by atoms with Crippen molar-refractivity contribution in [3.63, 3.8) is 0 Å². The number of hydrogen-bond acceptors (Lipinski definition) is 3. The standard InChI is InChI=1S/C15H17BrO2S/c1-9-7-14(19-10(9)2)15(16)11-5-6-12(17-3)13(8-11)18-4/h5-8,15H,1-4H3. The second-order valence-corrected chi connectivity index (χ2v) is 6.57. The third-order valence-corrected chi connectivity index (χ3v) is 5.68. The lowest BCUT2D eigenvalue weighted by atomic mass is 10.1. The highest BCUT2D eigenvalue weighted by molar-refractivity contribution is 9.09. The third-order valence-electron chi connectivity index (χ3n) is 3.14. The van der Waals surface area contributed by atoms with Crippen LogP contribution in [0.25, 0.3) is 0 Å². The number of benzene rings is 1. The molecule has 0 fully saturated rings. The Balaban J connectivity index is 2.35. The minimum Gasteiger partial charge on any atom is -0.493 e. The molecule has 1 heterocycles. The predicted octanol–water partition coefficient (Wildman–Crippen LogP) is 4.87. The van der Waals surface area contributed by atoms with Crippen LogP contribution in [-0.4, -0.2) is 14.2 Å². The number of halogens is 1. The van der Waals surface area contributed by atoms with Crippen molar-refractivity contribution < 1.29 is 9.47 Å². The minimum absolute atomic E-state index is 0.185. The average Bonchev–Trinajstić information content (AvgIpc) is 2.77. The van der Waals surface area contributed by atoms with E-state index in [2.05, 4.69) is 41.9 Å². The van der Waals surface area contributed by atoms with Gasteiger partial charge in [0.15, 0.2) is 11.5 Å². The fourth-order valence-electron chi connectivity index (χ4n) is 1.90. The molecule has 0 aliphatic heterocycles. The number of rotatable bonds is 4. The Hall–Kier alpha value is -1.00. The molecule has 1 unspecified atom stereocenters. The Morgan fingerprint density at radius 1 is 1.05 bits per heavy atom. The number of methoxy groups -OCH3 is 2. The van der Waals surface area contributed by atoms with Crippen LogP contribution in [0.2, 0.25) is 0 Å². The first-order chi connectivity index (χ1) is 9.06. The van der Waals surface area contributed by atoms with Crippen LogP contribution in [0.5, 0.6) is 11.5 Å². The molecule has 0 saturated heterocycles. The maximum atomic E-state index is 5.35. The number of thiophene rings is 1. The van der Waals surface area contributed by atoms with E-state index in [4.69, 9.17) is 9.47 Å². The Bertz CT molecular complexity index is 558. The maximum absolute atomic E-state index is 5.35. The second-order valence-electron chi connectivity index (χ2n) is 4.36. The molecule has 0 aliphatic carbocycles. The van der Waals surface area contributed by atoms with Gasteiger partial charge in [0.1, 0.15) is 0 Å². The lowest BCUT2D eigenvalue weighted by Gasteiger charge is -2.12. The molecule has 0 bridgehead atoms. The molecular formula is C15H17BrO2S. The quantitative estimate of drug-likeness (QED) is 0.739. The summed E-state index contributed by atoms with van der Waals surface area (Å²) in [6.45, 7) is 4.29. The summed E-state index contributed by atoms with van der Waals surface area (Å²) in [5.74, 6) is 1.51. The molecule has 0 radical (unpaired) electrons. The number of alkyl halides is 1. The van der Waals surface area contributed by atoms with Gasteiger partial charge in [-0.3, -0.25) is 0 Å². The fraction of sp³-hybridized carbons (Fsp3) is 0.333. The summed E-state index contributed by atoms with van der Waals surface area (Å²) in [5, 5.41) is 0. The molecule has 2 rings (SSSR count). The van der Waals surface area contributed by atoms with Gasteiger partial charge in [0.2, 0.25) is 0 Å². The molecule has 0 saturated carbocycles. The fourth-order valence-corrected chi connectivity index (χ4v) is 3.65. The molecule has 1 aromatic heterocycles. The molecule has 1 atom stereocenters. The number of ether oxygens (including phenoxy) is 2. The van der Waals surface area contributed by atoms with Crippen molar-refractivity contribution in [2.24, 2.45) is 0 Å². The number of hydrogen-bond donors (Lipinski definition) is 0. The Kier molecular flexibility index (Phi) is 4.53. The summed E-state index contributed by atoms with van der Waals surface area (Å²) < 4.78 is 10.6. The SMILES string of the molecule is COc1ccc(C(Br)c2cc(C)c(C)s2)cc1OC. The zero-order chi connectivity index (χ0) is 14.0. The van der Waals surface area contributed by atoms with Gasteiger partial charge < -0.3 is 9.47 Å². The monoisotopic (exact) mass is 340 g/mol. The van der Waals surface area contributed by atoms with Gasteiger partial charge in [-0.25, -0.2) is 0 Å². The Labute approximate surface area is 126 Å². The van der Waals surface area contributed by atoms with Crippen LogP contribution < -0.4 is 9.47 Å². The molecule has 102 valence electrons. The van der Waals surface area contributed by atoms with Gasteiger partial charge in [0, 0.05) is 9.75 Å². The predicted molar refractivity (Wildman–Crippen MR) is 84.1 cm³/mol. The van der Waals surface area contributed by atoms with E-state index in [9.17, 15) is 0 Å². The maximum Gasteiger partial charge on any atom is 0.161 e. The Morgan fingerprint density at radius 2 is 1.74 bits per heavy atom. The molecule has 4 heteroatoms. The molecule has 2 aromatic rings. The van der Waals surface area contributed by atoms with E-state index in [1.807, 2.05) is 23.5 Å². The molecular weight excluding hydrogens is 324 g/mol. The molecule has 0 aliphatic rings. The van der Waals surface area contributed by atoms with E-state index >= 15 is 0 Å². The smallest absolute Gasteiger partial charge is 0.161 e. The van der Waals surface area contributed by atoms with E-state index in [0.717, 1.165) is 11.5 Å². The molecule has 19 heavy (non-hydrogen) atoms. The van der Waals surface area contributed by atoms with Crippen LogP contribution in [0.4, 0.5) is 0 Å². The highest BCUT2D eigenvalue weighted by atomic mass is 79.9. The van der Waals surface area contributed by atoms with Gasteiger partial charge in [-0.2, -0.15) is 0 Å². The van der Waals surface area contributed by atoms with Crippen molar-refractivity contribution in [1.29, 1.82) is 0 Å². The van der Waals surface area contributed by atoms with Crippen molar-refractivity contribution in [3.8, 4) is 11.5 Å². The largest absolute Gasteiger partial charge is 0.493 e. The van der Waals surface area contributed by atoms with Crippen molar-refractivity contribution in [3.05, 3.63) is 45.1 Å². The molecule has 1 aromatic carbocycles. The summed E-state index contributed by atoms with van der Waals surface area (Å²) in [6.07, 6.45) is 0. The van der Waals surface area contributed by atoms with Crippen molar-refractivity contribution >= 4 is 27.3 Å². The number of aryl methyl sites for hydroxylation is 2. The van der Waals surface area contributed by atoms with Crippen molar-refractivity contribution in [2.45, 2.75) is 18.7 Å². The van der Waals surface area contributed by atoms with Crippen LogP contribution in [0.15, 0.2) is 24.3 Å². The summed E-state index contributed by atoms with van der Waals surface area (Å²) in [4.78, 5) is 2.85. The topological polar surface area (TPSA) is 18.5 Å². The lowest BCUT2D eigenvalue weighted by molar-refractivity contribution is 0.354. The third kappa shape index (κ3) is 2.95. The molecule has 0 amide bonds. The molecule has 2 nitrogen and oxygen atoms in total. The van der Waals surface area contributed by atoms with Gasteiger partial charge in [0.25, 0.3) is 0 Å². The van der Waals surface area contributed by atoms with Crippen molar-refractivity contribution in [2.75, 3.05) is 14.2 Å². The molecule has 0 spiro atoms. The minimum atomic E-state index is 0.185. The summed E-state index contributed by atoms with van der Waals surface area (Å²) in [6, 6.07) is 8.25. The van der Waals surface area contributed by atoms with E-state index in [1.54, 1.807) is 14.2 Å². The summed E-state index contributed by atoms with van der Waals surface area (Å²) in [7, 11) is 3.31. The average molecular weight is 341 g/mol. The first kappa shape index (κ1) is 14.4. The van der Waals surface area contributed by atoms with E-state index in [0.29, 0.717) is 0 Å². The van der Waals surface area contributed by atoms with Crippen LogP contribution >= 0.6 is 27.3 Å². The lowest BCUT2D eigenvalue weighted by Crippen LogP contribution is -1.94. The summed E-state index contributed by atoms with van der Waals surface area (Å²) >= 11 is 5.59. The van der Waals surface area contributed by atoms with Gasteiger partial charge >= 0.3 is 0 Å². The zero-order valence-corrected chi connectivity index (χ0v) is 13.9. The normalized spacial score (nSPS) is 12.3. The van der Waals surface area contributed by atoms with Gasteiger partial charge in [-0.1, -0.05) is 22.0 Å². The Morgan fingerprint density at radius 3 is 2.26 bits per heavy atom. The first-order valence-corrected chi connectivity index (χ1v) is 7.73. The van der Waals surface area contributed by atoms with E-state index in [-0.39, 0.29) is 4.83 Å². The van der Waals surface area contributed by atoms with Gasteiger partial charge in [-0.05, 0) is 43.2 Å². The highest BCUT2D eigenvalue weighted by Gasteiger charge is 2.16. The highest BCUT2D eigenvalue weighted by Crippen LogP contribution is 2.39. The second kappa shape index (κ2) is 5.97. The van der Waals surface area contributed by atoms with E-state index < -0.39 is 0 Å². The van der Waals surface area contributed by atoms with Crippen LogP contribution in [-0.2, 0) is 0 Å². The van der Waals surface area contributed by atoms with Crippen molar-refractivity contribution in [1.82, 2.24) is 0 Å². The first-order valence-electron chi connectivity index (χ1n) is 5.99. The van der Waals surface area contributed by atoms with Crippen LogP contribution in [0.3, 0.4) is 0 Å². The van der Waals surface area contributed by atoms with Gasteiger partial charge in [0.05, 0.1) is 19.0 Å². The molecule has 0 N–H and O–H groups in total. The van der Waals surface area contributed by atoms with Crippen LogP contribution in [0.1, 0.15) is 25.7 Å². The van der Waals surface area contributed by atoms with Gasteiger partial charge in [-0.15, -0.1) is 11.3 Å². The van der Waals surface area contributed by atoms with E-state index in [1.165, 1.54) is 20.9 Å². The zero-order valence-electron chi connectivity index (χ0n) is 11.5.